The molecule has 0 aliphatic heterocycles. The molecule has 0 radical (unpaired) electrons. The van der Waals surface area contributed by atoms with Gasteiger partial charge in [0.2, 0.25) is 6.54 Å². The highest BCUT2D eigenvalue weighted by Gasteiger charge is 2.13. The van der Waals surface area contributed by atoms with Crippen LogP contribution in [-0.2, 0) is 0 Å². The smallest absolute Gasteiger partial charge is 0.233 e. The van der Waals surface area contributed by atoms with Crippen LogP contribution in [0.3, 0.4) is 0 Å². The number of rotatable bonds is 4. The molecule has 0 aliphatic rings. The van der Waals surface area contributed by atoms with Crippen LogP contribution in [0.25, 0.3) is 11.1 Å². The zero-order valence-corrected chi connectivity index (χ0v) is 9.69. The standard InChI is InChI=1S/C14H13NO3/c16-14(10-15(17)18)13-8-6-12(7-9-13)11-4-2-1-3-5-11/h1-9,14,16H,10H2. The van der Waals surface area contributed by atoms with Crippen molar-refractivity contribution >= 4 is 0 Å². The maximum absolute atomic E-state index is 10.3. The van der Waals surface area contributed by atoms with Gasteiger partial charge in [0, 0.05) is 4.92 Å². The van der Waals surface area contributed by atoms with Gasteiger partial charge in [-0.15, -0.1) is 0 Å². The van der Waals surface area contributed by atoms with E-state index in [0.717, 1.165) is 11.1 Å². The Bertz CT molecular complexity index is 522. The van der Waals surface area contributed by atoms with Gasteiger partial charge in [-0.05, 0) is 16.7 Å². The zero-order chi connectivity index (χ0) is 13.0. The van der Waals surface area contributed by atoms with E-state index in [1.807, 2.05) is 42.5 Å². The molecule has 0 saturated heterocycles. The van der Waals surface area contributed by atoms with Crippen molar-refractivity contribution in [2.75, 3.05) is 6.54 Å². The number of hydrogen-bond acceptors (Lipinski definition) is 3. The Morgan fingerprint density at radius 1 is 1.00 bits per heavy atom. The molecule has 0 bridgehead atoms. The molecule has 2 aromatic rings. The van der Waals surface area contributed by atoms with Crippen LogP contribution in [0, 0.1) is 10.1 Å². The van der Waals surface area contributed by atoms with Crippen LogP contribution in [0.5, 0.6) is 0 Å². The summed E-state index contributed by atoms with van der Waals surface area (Å²) in [5.41, 5.74) is 2.66. The topological polar surface area (TPSA) is 63.4 Å². The molecule has 18 heavy (non-hydrogen) atoms. The van der Waals surface area contributed by atoms with Crippen LogP contribution in [0.2, 0.25) is 0 Å². The summed E-state index contributed by atoms with van der Waals surface area (Å²) in [6.07, 6.45) is -1.05. The molecule has 4 heteroatoms. The molecule has 0 heterocycles. The first-order valence-corrected chi connectivity index (χ1v) is 5.62. The SMILES string of the molecule is O=[N+]([O-])CC(O)c1ccc(-c2ccccc2)cc1. The van der Waals surface area contributed by atoms with Gasteiger partial charge in [-0.1, -0.05) is 54.6 Å². The number of hydrogen-bond donors (Lipinski definition) is 1. The van der Waals surface area contributed by atoms with E-state index in [1.54, 1.807) is 12.1 Å². The molecule has 2 aromatic carbocycles. The summed E-state index contributed by atoms with van der Waals surface area (Å²) < 4.78 is 0. The first kappa shape index (κ1) is 12.3. The molecule has 92 valence electrons. The molecule has 0 aromatic heterocycles. The summed E-state index contributed by atoms with van der Waals surface area (Å²) in [4.78, 5) is 9.80. The van der Waals surface area contributed by atoms with E-state index < -0.39 is 17.6 Å². The van der Waals surface area contributed by atoms with E-state index in [2.05, 4.69) is 0 Å². The number of aliphatic hydroxyl groups excluding tert-OH is 1. The Hall–Kier alpha value is -2.20. The van der Waals surface area contributed by atoms with Crippen molar-refractivity contribution in [3.8, 4) is 11.1 Å². The summed E-state index contributed by atoms with van der Waals surface area (Å²) in [5, 5.41) is 19.9. The molecule has 0 spiro atoms. The first-order valence-electron chi connectivity index (χ1n) is 5.62. The zero-order valence-electron chi connectivity index (χ0n) is 9.69. The minimum Gasteiger partial charge on any atom is -0.382 e. The molecule has 0 amide bonds. The van der Waals surface area contributed by atoms with E-state index >= 15 is 0 Å². The van der Waals surface area contributed by atoms with Crippen LogP contribution >= 0.6 is 0 Å². The Labute approximate surface area is 105 Å². The third-order valence-electron chi connectivity index (χ3n) is 2.72. The molecular formula is C14H13NO3. The van der Waals surface area contributed by atoms with Crippen molar-refractivity contribution in [3.63, 3.8) is 0 Å². The third kappa shape index (κ3) is 2.93. The molecule has 4 nitrogen and oxygen atoms in total. The van der Waals surface area contributed by atoms with Gasteiger partial charge in [0.05, 0.1) is 0 Å². The van der Waals surface area contributed by atoms with E-state index in [1.165, 1.54) is 0 Å². The lowest BCUT2D eigenvalue weighted by molar-refractivity contribution is -0.491. The second kappa shape index (κ2) is 5.42. The number of nitrogens with zero attached hydrogens (tertiary/aromatic N) is 1. The van der Waals surface area contributed by atoms with Crippen molar-refractivity contribution in [3.05, 3.63) is 70.3 Å². The van der Waals surface area contributed by atoms with Gasteiger partial charge in [0.25, 0.3) is 0 Å². The fraction of sp³-hybridized carbons (Fsp3) is 0.143. The highest BCUT2D eigenvalue weighted by atomic mass is 16.6. The van der Waals surface area contributed by atoms with Crippen LogP contribution in [-0.4, -0.2) is 16.6 Å². The van der Waals surface area contributed by atoms with Gasteiger partial charge in [-0.2, -0.15) is 0 Å². The summed E-state index contributed by atoms with van der Waals surface area (Å²) in [6, 6.07) is 17.0. The minimum absolute atomic E-state index is 0.468. The Kier molecular flexibility index (Phi) is 3.69. The normalized spacial score (nSPS) is 12.1. The van der Waals surface area contributed by atoms with E-state index in [9.17, 15) is 15.2 Å². The summed E-state index contributed by atoms with van der Waals surface area (Å²) in [6.45, 7) is -0.468. The van der Waals surface area contributed by atoms with Crippen molar-refractivity contribution in [1.29, 1.82) is 0 Å². The number of nitro groups is 1. The van der Waals surface area contributed by atoms with E-state index in [-0.39, 0.29) is 0 Å². The second-order valence-corrected chi connectivity index (χ2v) is 4.02. The summed E-state index contributed by atoms with van der Waals surface area (Å²) in [7, 11) is 0. The van der Waals surface area contributed by atoms with Crippen molar-refractivity contribution in [1.82, 2.24) is 0 Å². The van der Waals surface area contributed by atoms with E-state index in [4.69, 9.17) is 0 Å². The fourth-order valence-corrected chi connectivity index (χ4v) is 1.77. The predicted molar refractivity (Wildman–Crippen MR) is 68.7 cm³/mol. The molecule has 1 unspecified atom stereocenters. The summed E-state index contributed by atoms with van der Waals surface area (Å²) in [5.74, 6) is 0. The predicted octanol–water partition coefficient (Wildman–Crippen LogP) is 2.66. The molecule has 2 rings (SSSR count). The average Bonchev–Trinajstić information content (AvgIpc) is 2.39. The van der Waals surface area contributed by atoms with E-state index in [0.29, 0.717) is 5.56 Å². The lowest BCUT2D eigenvalue weighted by atomic mass is 10.0. The Balaban J connectivity index is 2.18. The van der Waals surface area contributed by atoms with Gasteiger partial charge >= 0.3 is 0 Å². The number of aliphatic hydroxyl groups is 1. The van der Waals surface area contributed by atoms with Crippen LogP contribution in [0.15, 0.2) is 54.6 Å². The molecule has 1 atom stereocenters. The van der Waals surface area contributed by atoms with Gasteiger partial charge in [-0.25, -0.2) is 0 Å². The van der Waals surface area contributed by atoms with Crippen molar-refractivity contribution in [2.24, 2.45) is 0 Å². The molecule has 0 saturated carbocycles. The maximum Gasteiger partial charge on any atom is 0.233 e. The van der Waals surface area contributed by atoms with Crippen LogP contribution < -0.4 is 0 Å². The highest BCUT2D eigenvalue weighted by Crippen LogP contribution is 2.21. The van der Waals surface area contributed by atoms with Gasteiger partial charge in [-0.3, -0.25) is 10.1 Å². The highest BCUT2D eigenvalue weighted by molar-refractivity contribution is 5.63. The van der Waals surface area contributed by atoms with Crippen LogP contribution in [0.4, 0.5) is 0 Å². The van der Waals surface area contributed by atoms with Crippen LogP contribution in [0.1, 0.15) is 11.7 Å². The quantitative estimate of drug-likeness (QED) is 0.663. The van der Waals surface area contributed by atoms with Gasteiger partial charge < -0.3 is 5.11 Å². The molecule has 0 aliphatic carbocycles. The molecular weight excluding hydrogens is 230 g/mol. The lowest BCUT2D eigenvalue weighted by Crippen LogP contribution is -2.11. The van der Waals surface area contributed by atoms with Crippen molar-refractivity contribution < 1.29 is 10.0 Å². The minimum atomic E-state index is -1.05. The van der Waals surface area contributed by atoms with Gasteiger partial charge in [0.1, 0.15) is 6.10 Å². The second-order valence-electron chi connectivity index (χ2n) is 4.02. The fourth-order valence-electron chi connectivity index (χ4n) is 1.77. The van der Waals surface area contributed by atoms with Crippen molar-refractivity contribution in [2.45, 2.75) is 6.10 Å². The Morgan fingerprint density at radius 3 is 2.11 bits per heavy atom. The third-order valence-corrected chi connectivity index (χ3v) is 2.72. The first-order chi connectivity index (χ1) is 8.66. The summed E-state index contributed by atoms with van der Waals surface area (Å²) >= 11 is 0. The largest absolute Gasteiger partial charge is 0.382 e. The maximum atomic E-state index is 10.3. The molecule has 0 fully saturated rings. The Morgan fingerprint density at radius 2 is 1.56 bits per heavy atom. The molecule has 1 N–H and O–H groups in total. The average molecular weight is 243 g/mol. The van der Waals surface area contributed by atoms with Gasteiger partial charge in [0.15, 0.2) is 0 Å². The lowest BCUT2D eigenvalue weighted by Gasteiger charge is -2.07. The monoisotopic (exact) mass is 243 g/mol. The number of benzene rings is 2.